The Morgan fingerprint density at radius 1 is 1.00 bits per heavy atom. The zero-order valence-corrected chi connectivity index (χ0v) is 12.6. The van der Waals surface area contributed by atoms with E-state index in [1.165, 1.54) is 0 Å². The molecule has 0 saturated heterocycles. The van der Waals surface area contributed by atoms with E-state index in [2.05, 4.69) is 0 Å². The van der Waals surface area contributed by atoms with E-state index in [-0.39, 0.29) is 11.5 Å². The lowest BCUT2D eigenvalue weighted by molar-refractivity contribution is 0.101. The molecule has 0 aliphatic heterocycles. The lowest BCUT2D eigenvalue weighted by Gasteiger charge is -2.06. The van der Waals surface area contributed by atoms with Crippen molar-refractivity contribution in [3.63, 3.8) is 0 Å². The normalized spacial score (nSPS) is 10.6. The molecule has 22 heavy (non-hydrogen) atoms. The molecule has 0 aliphatic rings. The fourth-order valence-electron chi connectivity index (χ4n) is 2.77. The SMILES string of the molecule is CC(=O)c1c(-c2ccccc2)cn(-c2ccc(O)cc2)c1C. The Morgan fingerprint density at radius 3 is 2.23 bits per heavy atom. The van der Waals surface area contributed by atoms with E-state index in [1.807, 2.05) is 60.2 Å². The van der Waals surface area contributed by atoms with Gasteiger partial charge >= 0.3 is 0 Å². The molecular weight excluding hydrogens is 274 g/mol. The Bertz CT molecular complexity index is 815. The number of hydrogen-bond donors (Lipinski definition) is 1. The van der Waals surface area contributed by atoms with Crippen LogP contribution in [0.4, 0.5) is 0 Å². The zero-order chi connectivity index (χ0) is 15.7. The average Bonchev–Trinajstić information content (AvgIpc) is 2.87. The Hall–Kier alpha value is -2.81. The molecule has 0 unspecified atom stereocenters. The van der Waals surface area contributed by atoms with E-state index in [0.717, 1.165) is 28.1 Å². The van der Waals surface area contributed by atoms with Crippen molar-refractivity contribution >= 4 is 5.78 Å². The first-order chi connectivity index (χ1) is 10.6. The van der Waals surface area contributed by atoms with Crippen LogP contribution >= 0.6 is 0 Å². The summed E-state index contributed by atoms with van der Waals surface area (Å²) in [7, 11) is 0. The van der Waals surface area contributed by atoms with Crippen molar-refractivity contribution in [3.05, 3.63) is 72.1 Å². The molecule has 1 aromatic heterocycles. The summed E-state index contributed by atoms with van der Waals surface area (Å²) in [6, 6.07) is 16.8. The highest BCUT2D eigenvalue weighted by Crippen LogP contribution is 2.30. The van der Waals surface area contributed by atoms with Crippen LogP contribution in [0.15, 0.2) is 60.8 Å². The molecule has 1 heterocycles. The molecule has 110 valence electrons. The molecule has 3 rings (SSSR count). The molecule has 0 aliphatic carbocycles. The predicted molar refractivity (Wildman–Crippen MR) is 87.6 cm³/mol. The van der Waals surface area contributed by atoms with Gasteiger partial charge in [-0.25, -0.2) is 0 Å². The molecule has 0 radical (unpaired) electrons. The topological polar surface area (TPSA) is 42.2 Å². The Labute approximate surface area is 129 Å². The van der Waals surface area contributed by atoms with E-state index in [4.69, 9.17) is 0 Å². The van der Waals surface area contributed by atoms with Gasteiger partial charge in [0.25, 0.3) is 0 Å². The Balaban J connectivity index is 2.22. The summed E-state index contributed by atoms with van der Waals surface area (Å²) in [6.07, 6.45) is 1.98. The molecule has 3 nitrogen and oxygen atoms in total. The zero-order valence-electron chi connectivity index (χ0n) is 12.6. The summed E-state index contributed by atoms with van der Waals surface area (Å²) in [5.41, 5.74) is 4.50. The van der Waals surface area contributed by atoms with Gasteiger partial charge in [-0.3, -0.25) is 4.79 Å². The van der Waals surface area contributed by atoms with Gasteiger partial charge in [0.05, 0.1) is 0 Å². The van der Waals surface area contributed by atoms with Crippen LogP contribution < -0.4 is 0 Å². The summed E-state index contributed by atoms with van der Waals surface area (Å²) in [5, 5.41) is 9.44. The number of rotatable bonds is 3. The number of aromatic nitrogens is 1. The fraction of sp³-hybridized carbons (Fsp3) is 0.105. The van der Waals surface area contributed by atoms with Crippen LogP contribution in [0.3, 0.4) is 0 Å². The van der Waals surface area contributed by atoms with Gasteiger partial charge in [0.2, 0.25) is 0 Å². The molecule has 3 aromatic rings. The highest BCUT2D eigenvalue weighted by Gasteiger charge is 2.18. The number of aromatic hydroxyl groups is 1. The second-order valence-electron chi connectivity index (χ2n) is 5.31. The largest absolute Gasteiger partial charge is 0.508 e. The molecule has 0 fully saturated rings. The van der Waals surface area contributed by atoms with Crippen molar-refractivity contribution in [1.82, 2.24) is 4.57 Å². The minimum atomic E-state index is 0.0499. The third-order valence-electron chi connectivity index (χ3n) is 3.82. The first-order valence-corrected chi connectivity index (χ1v) is 7.15. The van der Waals surface area contributed by atoms with Crippen molar-refractivity contribution < 1.29 is 9.90 Å². The van der Waals surface area contributed by atoms with Gasteiger partial charge in [0, 0.05) is 28.7 Å². The highest BCUT2D eigenvalue weighted by molar-refractivity contribution is 6.02. The van der Waals surface area contributed by atoms with Gasteiger partial charge in [-0.15, -0.1) is 0 Å². The molecule has 0 spiro atoms. The number of ketones is 1. The number of Topliss-reactive ketones (excluding diaryl/α,β-unsaturated/α-hetero) is 1. The summed E-state index contributed by atoms with van der Waals surface area (Å²) in [4.78, 5) is 12.1. The third-order valence-corrected chi connectivity index (χ3v) is 3.82. The second kappa shape index (κ2) is 5.53. The van der Waals surface area contributed by atoms with Gasteiger partial charge in [0.1, 0.15) is 5.75 Å². The van der Waals surface area contributed by atoms with Gasteiger partial charge in [-0.1, -0.05) is 30.3 Å². The summed E-state index contributed by atoms with van der Waals surface area (Å²) in [5.74, 6) is 0.275. The number of phenols is 1. The first kappa shape index (κ1) is 14.1. The van der Waals surface area contributed by atoms with Crippen molar-refractivity contribution in [2.75, 3.05) is 0 Å². The minimum Gasteiger partial charge on any atom is -0.508 e. The number of carbonyl (C=O) groups is 1. The quantitative estimate of drug-likeness (QED) is 0.728. The number of hydrogen-bond acceptors (Lipinski definition) is 2. The lowest BCUT2D eigenvalue weighted by atomic mass is 10.0. The molecule has 2 aromatic carbocycles. The molecule has 0 amide bonds. The van der Waals surface area contributed by atoms with Crippen molar-refractivity contribution in [3.8, 4) is 22.6 Å². The summed E-state index contributed by atoms with van der Waals surface area (Å²) in [6.45, 7) is 3.53. The molecule has 3 heteroatoms. The number of nitrogens with zero attached hydrogens (tertiary/aromatic N) is 1. The van der Waals surface area contributed by atoms with Crippen LogP contribution in [-0.2, 0) is 0 Å². The van der Waals surface area contributed by atoms with Gasteiger partial charge < -0.3 is 9.67 Å². The maximum absolute atomic E-state index is 12.1. The van der Waals surface area contributed by atoms with Gasteiger partial charge in [-0.05, 0) is 43.7 Å². The van der Waals surface area contributed by atoms with Crippen LogP contribution in [0.1, 0.15) is 23.0 Å². The van der Waals surface area contributed by atoms with Crippen LogP contribution in [0.25, 0.3) is 16.8 Å². The third kappa shape index (κ3) is 2.42. The fourth-order valence-corrected chi connectivity index (χ4v) is 2.77. The van der Waals surface area contributed by atoms with E-state index >= 15 is 0 Å². The molecule has 0 atom stereocenters. The first-order valence-electron chi connectivity index (χ1n) is 7.15. The van der Waals surface area contributed by atoms with Crippen molar-refractivity contribution in [2.24, 2.45) is 0 Å². The highest BCUT2D eigenvalue weighted by atomic mass is 16.3. The molecule has 0 bridgehead atoms. The van der Waals surface area contributed by atoms with Crippen LogP contribution in [0.2, 0.25) is 0 Å². The van der Waals surface area contributed by atoms with E-state index in [0.29, 0.717) is 0 Å². The number of phenolic OH excluding ortho intramolecular Hbond substituents is 1. The smallest absolute Gasteiger partial charge is 0.162 e. The van der Waals surface area contributed by atoms with Gasteiger partial charge in [0.15, 0.2) is 5.78 Å². The maximum atomic E-state index is 12.1. The second-order valence-corrected chi connectivity index (χ2v) is 5.31. The van der Waals surface area contributed by atoms with E-state index in [1.54, 1.807) is 19.1 Å². The number of benzene rings is 2. The van der Waals surface area contributed by atoms with Crippen molar-refractivity contribution in [1.29, 1.82) is 0 Å². The monoisotopic (exact) mass is 291 g/mol. The summed E-state index contributed by atoms with van der Waals surface area (Å²) < 4.78 is 1.98. The predicted octanol–water partition coefficient (Wildman–Crippen LogP) is 4.36. The van der Waals surface area contributed by atoms with E-state index in [9.17, 15) is 9.90 Å². The Kier molecular flexibility index (Phi) is 3.55. The molecular formula is C19H17NO2. The van der Waals surface area contributed by atoms with E-state index < -0.39 is 0 Å². The molecule has 0 saturated carbocycles. The summed E-state index contributed by atoms with van der Waals surface area (Å²) >= 11 is 0. The molecule has 1 N–H and O–H groups in total. The number of carbonyl (C=O) groups excluding carboxylic acids is 1. The van der Waals surface area contributed by atoms with Crippen LogP contribution in [0, 0.1) is 6.92 Å². The maximum Gasteiger partial charge on any atom is 0.162 e. The van der Waals surface area contributed by atoms with Crippen LogP contribution in [-0.4, -0.2) is 15.5 Å². The van der Waals surface area contributed by atoms with Gasteiger partial charge in [-0.2, -0.15) is 0 Å². The Morgan fingerprint density at radius 2 is 1.64 bits per heavy atom. The average molecular weight is 291 g/mol. The lowest BCUT2D eigenvalue weighted by Crippen LogP contribution is -1.99. The van der Waals surface area contributed by atoms with Crippen LogP contribution in [0.5, 0.6) is 5.75 Å². The van der Waals surface area contributed by atoms with Crippen molar-refractivity contribution in [2.45, 2.75) is 13.8 Å². The minimum absolute atomic E-state index is 0.0499. The standard InChI is InChI=1S/C19H17NO2/c1-13-19(14(2)21)18(15-6-4-3-5-7-15)12-20(13)16-8-10-17(22)11-9-16/h3-12,22H,1-2H3.